The molecule has 0 heterocycles. The number of carbonyl (C=O) groups is 1. The van der Waals surface area contributed by atoms with Crippen molar-refractivity contribution in [1.29, 1.82) is 0 Å². The lowest BCUT2D eigenvalue weighted by Crippen LogP contribution is -2.10. The van der Waals surface area contributed by atoms with Gasteiger partial charge in [-0.3, -0.25) is 4.79 Å². The van der Waals surface area contributed by atoms with Crippen LogP contribution in [-0.2, 0) is 4.79 Å². The maximum atomic E-state index is 11.4. The Bertz CT molecular complexity index is 238. The number of ketones is 1. The van der Waals surface area contributed by atoms with E-state index in [1.807, 2.05) is 0 Å². The molecule has 0 saturated heterocycles. The van der Waals surface area contributed by atoms with Crippen molar-refractivity contribution in [2.24, 2.45) is 5.92 Å². The summed E-state index contributed by atoms with van der Waals surface area (Å²) in [6.45, 7) is 1.73. The van der Waals surface area contributed by atoms with Gasteiger partial charge in [-0.2, -0.15) is 0 Å². The highest BCUT2D eigenvalue weighted by atomic mass is 16.1. The van der Waals surface area contributed by atoms with Crippen molar-refractivity contribution in [1.82, 2.24) is 0 Å². The molecule has 0 radical (unpaired) electrons. The number of Topliss-reactive ketones (excluding diaryl/α,β-unsaturated/α-hetero) is 1. The first-order valence-electron chi connectivity index (χ1n) is 6.11. The molecule has 0 bridgehead atoms. The maximum Gasteiger partial charge on any atom is 0.132 e. The van der Waals surface area contributed by atoms with E-state index in [9.17, 15) is 4.79 Å². The molecule has 0 fully saturated rings. The standard InChI is InChI=1S/C14H22O/c1-13(15)14-11-9-7-5-3-2-4-6-8-10-12-14/h3,5-6,8,14H,2,4,7,9-12H2,1H3/b5-3-,8-6-. The van der Waals surface area contributed by atoms with Crippen molar-refractivity contribution < 1.29 is 4.79 Å². The molecule has 1 nitrogen and oxygen atoms in total. The average Bonchev–Trinajstić information content (AvgIpc) is 2.18. The summed E-state index contributed by atoms with van der Waals surface area (Å²) in [5.74, 6) is 0.659. The van der Waals surface area contributed by atoms with E-state index in [0.29, 0.717) is 11.7 Å². The highest BCUT2D eigenvalue weighted by molar-refractivity contribution is 5.78. The molecule has 1 rings (SSSR count). The van der Waals surface area contributed by atoms with Crippen molar-refractivity contribution in [3.8, 4) is 0 Å². The zero-order valence-corrected chi connectivity index (χ0v) is 9.74. The summed E-state index contributed by atoms with van der Waals surface area (Å²) in [7, 11) is 0. The van der Waals surface area contributed by atoms with E-state index in [2.05, 4.69) is 24.3 Å². The van der Waals surface area contributed by atoms with Crippen LogP contribution < -0.4 is 0 Å². The highest BCUT2D eigenvalue weighted by Gasteiger charge is 2.12. The summed E-state index contributed by atoms with van der Waals surface area (Å²) in [4.78, 5) is 11.4. The molecule has 0 saturated carbocycles. The van der Waals surface area contributed by atoms with E-state index in [-0.39, 0.29) is 0 Å². The fourth-order valence-corrected chi connectivity index (χ4v) is 1.99. The van der Waals surface area contributed by atoms with Gasteiger partial charge in [0.25, 0.3) is 0 Å². The zero-order valence-electron chi connectivity index (χ0n) is 9.74. The predicted molar refractivity (Wildman–Crippen MR) is 64.8 cm³/mol. The van der Waals surface area contributed by atoms with Crippen LogP contribution in [0.15, 0.2) is 24.3 Å². The predicted octanol–water partition coefficient (Wildman–Crippen LogP) is 4.05. The van der Waals surface area contributed by atoms with Crippen LogP contribution >= 0.6 is 0 Å². The van der Waals surface area contributed by atoms with Crippen LogP contribution in [0.4, 0.5) is 0 Å². The van der Waals surface area contributed by atoms with E-state index in [1.54, 1.807) is 6.92 Å². The van der Waals surface area contributed by atoms with Crippen molar-refractivity contribution in [3.05, 3.63) is 24.3 Å². The van der Waals surface area contributed by atoms with Crippen molar-refractivity contribution in [2.75, 3.05) is 0 Å². The van der Waals surface area contributed by atoms with Crippen LogP contribution in [0.1, 0.15) is 51.9 Å². The minimum atomic E-state index is 0.294. The Morgan fingerprint density at radius 3 is 2.20 bits per heavy atom. The van der Waals surface area contributed by atoms with Gasteiger partial charge in [-0.1, -0.05) is 24.3 Å². The number of rotatable bonds is 1. The fraction of sp³-hybridized carbons (Fsp3) is 0.643. The third kappa shape index (κ3) is 5.56. The molecule has 1 aliphatic carbocycles. The van der Waals surface area contributed by atoms with Crippen LogP contribution in [-0.4, -0.2) is 5.78 Å². The van der Waals surface area contributed by atoms with E-state index < -0.39 is 0 Å². The molecule has 0 aliphatic heterocycles. The van der Waals surface area contributed by atoms with Gasteiger partial charge in [0, 0.05) is 5.92 Å². The van der Waals surface area contributed by atoms with Crippen LogP contribution in [0.2, 0.25) is 0 Å². The van der Waals surface area contributed by atoms with E-state index in [0.717, 1.165) is 44.9 Å². The van der Waals surface area contributed by atoms with Crippen LogP contribution in [0.5, 0.6) is 0 Å². The molecule has 0 aromatic heterocycles. The Hall–Kier alpha value is -0.850. The SMILES string of the molecule is CC(=O)C1CC/C=C\CC/C=C\CCC1. The van der Waals surface area contributed by atoms with Crippen molar-refractivity contribution in [3.63, 3.8) is 0 Å². The molecule has 0 aromatic carbocycles. The number of allylic oxidation sites excluding steroid dienone is 4. The molecule has 84 valence electrons. The number of carbonyl (C=O) groups excluding carboxylic acids is 1. The monoisotopic (exact) mass is 206 g/mol. The fourth-order valence-electron chi connectivity index (χ4n) is 1.99. The third-order valence-corrected chi connectivity index (χ3v) is 3.01. The molecule has 0 aromatic rings. The molecule has 1 atom stereocenters. The second-order valence-corrected chi connectivity index (χ2v) is 4.34. The van der Waals surface area contributed by atoms with Gasteiger partial charge in [0.1, 0.15) is 5.78 Å². The van der Waals surface area contributed by atoms with Gasteiger partial charge in [-0.25, -0.2) is 0 Å². The molecule has 0 spiro atoms. The van der Waals surface area contributed by atoms with Crippen molar-refractivity contribution >= 4 is 5.78 Å². The lowest BCUT2D eigenvalue weighted by Gasteiger charge is -2.11. The lowest BCUT2D eigenvalue weighted by atomic mass is 9.92. The first-order chi connectivity index (χ1) is 7.30. The molecule has 1 aliphatic rings. The van der Waals surface area contributed by atoms with Crippen LogP contribution in [0.3, 0.4) is 0 Å². The Balaban J connectivity index is 2.44. The zero-order chi connectivity index (χ0) is 10.9. The molecule has 0 N–H and O–H groups in total. The minimum absolute atomic E-state index is 0.294. The summed E-state index contributed by atoms with van der Waals surface area (Å²) >= 11 is 0. The highest BCUT2D eigenvalue weighted by Crippen LogP contribution is 2.17. The van der Waals surface area contributed by atoms with Crippen LogP contribution in [0, 0.1) is 5.92 Å². The third-order valence-electron chi connectivity index (χ3n) is 3.01. The first kappa shape index (κ1) is 12.2. The largest absolute Gasteiger partial charge is 0.300 e. The molecule has 0 amide bonds. The van der Waals surface area contributed by atoms with E-state index >= 15 is 0 Å². The molecular formula is C14H22O. The normalized spacial score (nSPS) is 28.5. The van der Waals surface area contributed by atoms with Gasteiger partial charge < -0.3 is 0 Å². The second-order valence-electron chi connectivity index (χ2n) is 4.34. The minimum Gasteiger partial charge on any atom is -0.300 e. The summed E-state index contributed by atoms with van der Waals surface area (Å²) in [5.41, 5.74) is 0. The Labute approximate surface area is 93.3 Å². The van der Waals surface area contributed by atoms with Gasteiger partial charge in [0.05, 0.1) is 0 Å². The van der Waals surface area contributed by atoms with Gasteiger partial charge in [-0.05, 0) is 51.9 Å². The summed E-state index contributed by atoms with van der Waals surface area (Å²) < 4.78 is 0. The van der Waals surface area contributed by atoms with Gasteiger partial charge in [-0.15, -0.1) is 0 Å². The first-order valence-corrected chi connectivity index (χ1v) is 6.11. The van der Waals surface area contributed by atoms with Gasteiger partial charge in [0.2, 0.25) is 0 Å². The summed E-state index contributed by atoms with van der Waals surface area (Å²) in [6, 6.07) is 0. The Kier molecular flexibility index (Phi) is 6.06. The van der Waals surface area contributed by atoms with E-state index in [4.69, 9.17) is 0 Å². The van der Waals surface area contributed by atoms with Crippen molar-refractivity contribution in [2.45, 2.75) is 51.9 Å². The second kappa shape index (κ2) is 7.44. The summed E-state index contributed by atoms with van der Waals surface area (Å²) in [5, 5.41) is 0. The van der Waals surface area contributed by atoms with Gasteiger partial charge in [0.15, 0.2) is 0 Å². The number of hydrogen-bond acceptors (Lipinski definition) is 1. The smallest absolute Gasteiger partial charge is 0.132 e. The Morgan fingerprint density at radius 2 is 1.53 bits per heavy atom. The average molecular weight is 206 g/mol. The quantitative estimate of drug-likeness (QED) is 0.591. The molecule has 15 heavy (non-hydrogen) atoms. The maximum absolute atomic E-state index is 11.4. The summed E-state index contributed by atoms with van der Waals surface area (Å²) in [6.07, 6.45) is 16.7. The lowest BCUT2D eigenvalue weighted by molar-refractivity contribution is -0.121. The van der Waals surface area contributed by atoms with Gasteiger partial charge >= 0.3 is 0 Å². The topological polar surface area (TPSA) is 17.1 Å². The molecular weight excluding hydrogens is 184 g/mol. The number of hydrogen-bond donors (Lipinski definition) is 0. The molecule has 1 heteroatoms. The Morgan fingerprint density at radius 1 is 0.933 bits per heavy atom. The molecule has 1 unspecified atom stereocenters. The van der Waals surface area contributed by atoms with E-state index in [1.165, 1.54) is 0 Å². The van der Waals surface area contributed by atoms with Crippen LogP contribution in [0.25, 0.3) is 0 Å².